The Labute approximate surface area is 197 Å². The summed E-state index contributed by atoms with van der Waals surface area (Å²) in [6.45, 7) is 0. The first-order valence-corrected chi connectivity index (χ1v) is 11.7. The van der Waals surface area contributed by atoms with Gasteiger partial charge in [0.25, 0.3) is 0 Å². The summed E-state index contributed by atoms with van der Waals surface area (Å²) in [4.78, 5) is -0.144. The summed E-state index contributed by atoms with van der Waals surface area (Å²) in [6, 6.07) is 20.3. The van der Waals surface area contributed by atoms with Gasteiger partial charge < -0.3 is 0 Å². The molecule has 0 heterocycles. The van der Waals surface area contributed by atoms with Crippen molar-refractivity contribution in [3.63, 3.8) is 0 Å². The third-order valence-electron chi connectivity index (χ3n) is 5.41. The number of halogens is 6. The summed E-state index contributed by atoms with van der Waals surface area (Å²) in [6.07, 6.45) is -8.98. The first-order valence-electron chi connectivity index (χ1n) is 10.2. The van der Waals surface area contributed by atoms with E-state index in [1.54, 1.807) is 6.07 Å². The van der Waals surface area contributed by atoms with Crippen LogP contribution in [-0.2, 0) is 22.2 Å². The van der Waals surface area contributed by atoms with E-state index >= 15 is 0 Å². The van der Waals surface area contributed by atoms with E-state index < -0.39 is 33.3 Å². The van der Waals surface area contributed by atoms with Crippen LogP contribution in [0.25, 0.3) is 22.3 Å². The Kier molecular flexibility index (Phi) is 6.23. The van der Waals surface area contributed by atoms with E-state index in [1.807, 2.05) is 0 Å². The highest BCUT2D eigenvalue weighted by atomic mass is 32.2. The maximum atomic E-state index is 13.4. The quantitative estimate of drug-likeness (QED) is 0.264. The zero-order valence-electron chi connectivity index (χ0n) is 17.7. The number of hydrogen-bond acceptors (Lipinski definition) is 2. The average Bonchev–Trinajstić information content (AvgIpc) is 2.83. The Balaban J connectivity index is 1.67. The number of benzene rings is 4. The molecule has 0 saturated heterocycles. The zero-order valence-corrected chi connectivity index (χ0v) is 18.5. The molecule has 0 aliphatic rings. The van der Waals surface area contributed by atoms with Gasteiger partial charge in [-0.15, -0.1) is 0 Å². The summed E-state index contributed by atoms with van der Waals surface area (Å²) in [5.41, 5.74) is -0.0897. The van der Waals surface area contributed by atoms with Gasteiger partial charge in [0, 0.05) is 5.56 Å². The van der Waals surface area contributed by atoms with E-state index in [0.29, 0.717) is 16.7 Å². The molecule has 9 heteroatoms. The van der Waals surface area contributed by atoms with Crippen molar-refractivity contribution in [2.45, 2.75) is 22.1 Å². The molecule has 0 amide bonds. The van der Waals surface area contributed by atoms with Crippen LogP contribution in [0.5, 0.6) is 0 Å². The first-order chi connectivity index (χ1) is 16.4. The summed E-state index contributed by atoms with van der Waals surface area (Å²) in [7, 11) is -4.05. The van der Waals surface area contributed by atoms with Crippen LogP contribution in [0.3, 0.4) is 0 Å². The zero-order chi connectivity index (χ0) is 25.4. The van der Waals surface area contributed by atoms with Gasteiger partial charge in [-0.1, -0.05) is 54.6 Å². The topological polar surface area (TPSA) is 34.1 Å². The molecule has 4 rings (SSSR count). The van der Waals surface area contributed by atoms with Crippen molar-refractivity contribution in [3.05, 3.63) is 108 Å². The predicted molar refractivity (Wildman–Crippen MR) is 119 cm³/mol. The molecule has 0 fully saturated rings. The summed E-state index contributed by atoms with van der Waals surface area (Å²) in [5.74, 6) is 0. The van der Waals surface area contributed by atoms with Gasteiger partial charge in [0.1, 0.15) is 0 Å². The highest BCUT2D eigenvalue weighted by Gasteiger charge is 2.31. The van der Waals surface area contributed by atoms with Crippen LogP contribution in [0.4, 0.5) is 26.3 Å². The first kappa shape index (κ1) is 24.5. The molecule has 0 spiro atoms. The molecule has 0 N–H and O–H groups in total. The lowest BCUT2D eigenvalue weighted by Gasteiger charge is -2.13. The number of alkyl halides is 6. The molecule has 35 heavy (non-hydrogen) atoms. The van der Waals surface area contributed by atoms with Crippen molar-refractivity contribution in [1.82, 2.24) is 0 Å². The minimum atomic E-state index is -4.51. The normalized spacial score (nSPS) is 12.5. The van der Waals surface area contributed by atoms with E-state index in [2.05, 4.69) is 0 Å². The lowest BCUT2D eigenvalue weighted by molar-refractivity contribution is -0.138. The maximum absolute atomic E-state index is 13.4. The predicted octanol–water partition coefficient (Wildman–Crippen LogP) is 7.89. The lowest BCUT2D eigenvalue weighted by Crippen LogP contribution is -2.05. The second kappa shape index (κ2) is 8.88. The van der Waals surface area contributed by atoms with Crippen LogP contribution in [0.2, 0.25) is 0 Å². The fourth-order valence-electron chi connectivity index (χ4n) is 3.58. The molecular weight excluding hydrogens is 490 g/mol. The number of hydrogen-bond donors (Lipinski definition) is 0. The Bertz CT molecular complexity index is 1440. The third-order valence-corrected chi connectivity index (χ3v) is 7.24. The monoisotopic (exact) mass is 506 g/mol. The SMILES string of the molecule is O=S(=O)(c1ccc(-c2ccc(C(F)(F)F)cc2)cc1)c1ccccc1-c1ccc(C(F)(F)F)cc1. The summed E-state index contributed by atoms with van der Waals surface area (Å²) in [5, 5.41) is 0. The van der Waals surface area contributed by atoms with E-state index in [0.717, 1.165) is 24.3 Å². The molecule has 0 unspecified atom stereocenters. The second-order valence-electron chi connectivity index (χ2n) is 7.67. The lowest BCUT2D eigenvalue weighted by atomic mass is 10.0. The molecule has 0 aliphatic carbocycles. The van der Waals surface area contributed by atoms with Crippen molar-refractivity contribution in [2.75, 3.05) is 0 Å². The highest BCUT2D eigenvalue weighted by molar-refractivity contribution is 7.91. The Morgan fingerprint density at radius 3 is 1.34 bits per heavy atom. The van der Waals surface area contributed by atoms with Crippen LogP contribution in [0.15, 0.2) is 107 Å². The van der Waals surface area contributed by atoms with Gasteiger partial charge in [0.15, 0.2) is 0 Å². The number of rotatable bonds is 4. The van der Waals surface area contributed by atoms with Gasteiger partial charge >= 0.3 is 12.4 Å². The fourth-order valence-corrected chi connectivity index (χ4v) is 5.06. The smallest absolute Gasteiger partial charge is 0.218 e. The van der Waals surface area contributed by atoms with Crippen molar-refractivity contribution >= 4 is 9.84 Å². The molecule has 0 aromatic heterocycles. The van der Waals surface area contributed by atoms with E-state index in [4.69, 9.17) is 0 Å². The Morgan fingerprint density at radius 1 is 0.486 bits per heavy atom. The summed E-state index contributed by atoms with van der Waals surface area (Å²) >= 11 is 0. The van der Waals surface area contributed by atoms with Crippen LogP contribution < -0.4 is 0 Å². The van der Waals surface area contributed by atoms with Gasteiger partial charge in [-0.05, 0) is 59.2 Å². The van der Waals surface area contributed by atoms with E-state index in [-0.39, 0.29) is 15.4 Å². The van der Waals surface area contributed by atoms with Crippen LogP contribution >= 0.6 is 0 Å². The van der Waals surface area contributed by atoms with Crippen molar-refractivity contribution < 1.29 is 34.8 Å². The molecule has 2 nitrogen and oxygen atoms in total. The molecule has 0 atom stereocenters. The molecule has 180 valence electrons. The van der Waals surface area contributed by atoms with Gasteiger partial charge in [-0.2, -0.15) is 26.3 Å². The third kappa shape index (κ3) is 5.09. The molecule has 0 bridgehead atoms. The van der Waals surface area contributed by atoms with Crippen LogP contribution in [0.1, 0.15) is 11.1 Å². The maximum Gasteiger partial charge on any atom is 0.416 e. The number of sulfone groups is 1. The fraction of sp³-hybridized carbons (Fsp3) is 0.0769. The molecule has 0 aliphatic heterocycles. The minimum Gasteiger partial charge on any atom is -0.218 e. The van der Waals surface area contributed by atoms with Gasteiger partial charge in [-0.25, -0.2) is 8.42 Å². The molecule has 4 aromatic rings. The molecule has 4 aromatic carbocycles. The molecular formula is C26H16F6O2S. The van der Waals surface area contributed by atoms with Gasteiger partial charge in [0.05, 0.1) is 20.9 Å². The van der Waals surface area contributed by atoms with Crippen molar-refractivity contribution in [3.8, 4) is 22.3 Å². The summed E-state index contributed by atoms with van der Waals surface area (Å²) < 4.78 is 104. The minimum absolute atomic E-state index is 0.0625. The van der Waals surface area contributed by atoms with E-state index in [9.17, 15) is 34.8 Å². The average molecular weight is 506 g/mol. The Morgan fingerprint density at radius 2 is 0.886 bits per heavy atom. The molecule has 0 radical (unpaired) electrons. The highest BCUT2D eigenvalue weighted by Crippen LogP contribution is 2.35. The van der Waals surface area contributed by atoms with Crippen LogP contribution in [-0.4, -0.2) is 8.42 Å². The largest absolute Gasteiger partial charge is 0.416 e. The van der Waals surface area contributed by atoms with Crippen LogP contribution in [0, 0.1) is 0 Å². The standard InChI is InChI=1S/C26H16F6O2S/c27-25(28,29)20-11-5-17(6-12-20)18-9-15-22(16-10-18)35(33,34)24-4-2-1-3-23(24)19-7-13-21(14-8-19)26(30,31)32/h1-16H. The van der Waals surface area contributed by atoms with Gasteiger partial charge in [-0.3, -0.25) is 0 Å². The Hall–Kier alpha value is -3.59. The molecule has 0 saturated carbocycles. The van der Waals surface area contributed by atoms with Gasteiger partial charge in [0.2, 0.25) is 9.84 Å². The van der Waals surface area contributed by atoms with Crippen molar-refractivity contribution in [2.24, 2.45) is 0 Å². The second-order valence-corrected chi connectivity index (χ2v) is 9.59. The van der Waals surface area contributed by atoms with E-state index in [1.165, 1.54) is 66.7 Å². The van der Waals surface area contributed by atoms with Crippen molar-refractivity contribution in [1.29, 1.82) is 0 Å².